The van der Waals surface area contributed by atoms with Gasteiger partial charge >= 0.3 is 12.6 Å². The van der Waals surface area contributed by atoms with Crippen LogP contribution in [0.25, 0.3) is 5.69 Å². The Hall–Kier alpha value is -3.42. The molecule has 0 aliphatic carbocycles. The molecular weight excluding hydrogens is 392 g/mol. The van der Waals surface area contributed by atoms with Gasteiger partial charge in [-0.25, -0.2) is 9.48 Å². The van der Waals surface area contributed by atoms with E-state index in [9.17, 15) is 18.7 Å². The largest absolute Gasteiger partial charge is 0.478 e. The van der Waals surface area contributed by atoms with E-state index in [2.05, 4.69) is 10.1 Å². The second-order valence-electron chi connectivity index (χ2n) is 7.88. The third-order valence-electron chi connectivity index (χ3n) is 4.53. The summed E-state index contributed by atoms with van der Waals surface area (Å²) in [5, 5.41) is 17.4. The summed E-state index contributed by atoms with van der Waals surface area (Å²) in [5.41, 5.74) is 2.44. The van der Waals surface area contributed by atoms with Crippen LogP contribution < -0.4 is 10.1 Å². The van der Waals surface area contributed by atoms with Gasteiger partial charge in [-0.05, 0) is 36.8 Å². The van der Waals surface area contributed by atoms with E-state index in [-0.39, 0.29) is 22.4 Å². The Morgan fingerprint density at radius 2 is 1.87 bits per heavy atom. The van der Waals surface area contributed by atoms with Crippen LogP contribution in [0.4, 0.5) is 20.3 Å². The van der Waals surface area contributed by atoms with E-state index >= 15 is 0 Å². The van der Waals surface area contributed by atoms with Crippen LogP contribution in [0, 0.1) is 6.92 Å². The molecule has 1 heterocycles. The minimum absolute atomic E-state index is 0.192. The van der Waals surface area contributed by atoms with Gasteiger partial charge in [0.15, 0.2) is 0 Å². The summed E-state index contributed by atoms with van der Waals surface area (Å²) < 4.78 is 31.0. The van der Waals surface area contributed by atoms with E-state index in [0.717, 1.165) is 23.0 Å². The Balaban J connectivity index is 2.09. The van der Waals surface area contributed by atoms with E-state index < -0.39 is 12.6 Å². The number of aromatic carboxylic acids is 1. The number of carboxylic acid groups (broad SMARTS) is 1. The minimum atomic E-state index is -3.04. The molecule has 0 unspecified atom stereocenters. The quantitative estimate of drug-likeness (QED) is 0.554. The molecule has 0 saturated carbocycles. The normalized spacial score (nSPS) is 11.6. The van der Waals surface area contributed by atoms with Crippen molar-refractivity contribution in [3.05, 3.63) is 65.4 Å². The van der Waals surface area contributed by atoms with Gasteiger partial charge < -0.3 is 15.2 Å². The van der Waals surface area contributed by atoms with E-state index in [1.54, 1.807) is 4.68 Å². The number of para-hydroxylation sites is 1. The number of rotatable bonds is 6. The van der Waals surface area contributed by atoms with E-state index in [1.165, 1.54) is 12.1 Å². The van der Waals surface area contributed by atoms with Crippen molar-refractivity contribution in [2.45, 2.75) is 39.7 Å². The lowest BCUT2D eigenvalue weighted by molar-refractivity contribution is -0.0499. The van der Waals surface area contributed by atoms with Gasteiger partial charge in [-0.2, -0.15) is 13.9 Å². The molecule has 0 fully saturated rings. The van der Waals surface area contributed by atoms with Crippen LogP contribution in [0.3, 0.4) is 0 Å². The third-order valence-corrected chi connectivity index (χ3v) is 4.53. The molecule has 30 heavy (non-hydrogen) atoms. The van der Waals surface area contributed by atoms with Gasteiger partial charge in [0, 0.05) is 11.5 Å². The fourth-order valence-electron chi connectivity index (χ4n) is 2.94. The topological polar surface area (TPSA) is 76.4 Å². The van der Waals surface area contributed by atoms with Crippen molar-refractivity contribution in [2.75, 3.05) is 5.32 Å². The van der Waals surface area contributed by atoms with Gasteiger partial charge in [0.05, 0.1) is 22.6 Å². The van der Waals surface area contributed by atoms with E-state index in [0.29, 0.717) is 5.82 Å². The molecule has 0 saturated heterocycles. The number of nitrogens with one attached hydrogen (secondary N) is 1. The summed E-state index contributed by atoms with van der Waals surface area (Å²) >= 11 is 0. The molecule has 0 bridgehead atoms. The first-order valence-corrected chi connectivity index (χ1v) is 9.32. The lowest BCUT2D eigenvalue weighted by Gasteiger charge is -2.15. The lowest BCUT2D eigenvalue weighted by Crippen LogP contribution is -2.13. The summed E-state index contributed by atoms with van der Waals surface area (Å²) in [5.74, 6) is -0.940. The van der Waals surface area contributed by atoms with Crippen molar-refractivity contribution < 1.29 is 23.4 Å². The summed E-state index contributed by atoms with van der Waals surface area (Å²) in [6.45, 7) is 5.00. The Labute approximate surface area is 173 Å². The third kappa shape index (κ3) is 4.59. The van der Waals surface area contributed by atoms with Crippen LogP contribution >= 0.6 is 0 Å². The molecule has 0 aliphatic heterocycles. The summed E-state index contributed by atoms with van der Waals surface area (Å²) in [6, 6.07) is 13.3. The maximum atomic E-state index is 12.5. The average Bonchev–Trinajstić information content (AvgIpc) is 3.07. The van der Waals surface area contributed by atoms with Gasteiger partial charge in [0.1, 0.15) is 11.6 Å². The first kappa shape index (κ1) is 21.3. The van der Waals surface area contributed by atoms with Gasteiger partial charge in [-0.15, -0.1) is 0 Å². The Kier molecular flexibility index (Phi) is 5.78. The van der Waals surface area contributed by atoms with Gasteiger partial charge in [-0.1, -0.05) is 39.0 Å². The predicted molar refractivity (Wildman–Crippen MR) is 110 cm³/mol. The monoisotopic (exact) mass is 415 g/mol. The average molecular weight is 415 g/mol. The highest BCUT2D eigenvalue weighted by Crippen LogP contribution is 2.31. The second kappa shape index (κ2) is 8.14. The maximum absolute atomic E-state index is 12.5. The molecule has 1 aromatic heterocycles. The number of ether oxygens (including phenoxy) is 1. The standard InChI is InChI=1S/C22H23F2N3O3/c1-13-7-5-6-8-17(13)27-19(12-18(26-27)22(2,3)4)25-16-10-9-14(30-21(23)24)11-15(16)20(28)29/h5-12,21,25H,1-4H3,(H,28,29). The zero-order valence-electron chi connectivity index (χ0n) is 17.1. The van der Waals surface area contributed by atoms with Gasteiger partial charge in [0.2, 0.25) is 0 Å². The molecule has 2 N–H and O–H groups in total. The zero-order chi connectivity index (χ0) is 22.1. The highest BCUT2D eigenvalue weighted by atomic mass is 19.3. The number of anilines is 2. The number of aryl methyl sites for hydroxylation is 1. The van der Waals surface area contributed by atoms with Crippen LogP contribution in [0.15, 0.2) is 48.5 Å². The van der Waals surface area contributed by atoms with Crippen LogP contribution in [0.1, 0.15) is 42.4 Å². The number of benzene rings is 2. The van der Waals surface area contributed by atoms with Crippen molar-refractivity contribution in [3.8, 4) is 11.4 Å². The highest BCUT2D eigenvalue weighted by molar-refractivity contribution is 5.95. The number of halogens is 2. The molecule has 0 atom stereocenters. The number of aromatic nitrogens is 2. The zero-order valence-corrected chi connectivity index (χ0v) is 17.1. The molecule has 3 rings (SSSR count). The second-order valence-corrected chi connectivity index (χ2v) is 7.88. The Bertz CT molecular complexity index is 1070. The Morgan fingerprint density at radius 1 is 1.17 bits per heavy atom. The SMILES string of the molecule is Cc1ccccc1-n1nc(C(C)(C)C)cc1Nc1ccc(OC(F)F)cc1C(=O)O. The van der Waals surface area contributed by atoms with Crippen molar-refractivity contribution in [3.63, 3.8) is 0 Å². The summed E-state index contributed by atoms with van der Waals surface area (Å²) in [7, 11) is 0. The van der Waals surface area contributed by atoms with Crippen molar-refractivity contribution >= 4 is 17.5 Å². The smallest absolute Gasteiger partial charge is 0.387 e. The van der Waals surface area contributed by atoms with Crippen LogP contribution in [0.5, 0.6) is 5.75 Å². The molecule has 3 aromatic rings. The number of hydrogen-bond acceptors (Lipinski definition) is 4. The molecule has 0 aliphatic rings. The molecular formula is C22H23F2N3O3. The number of carbonyl (C=O) groups is 1. The first-order chi connectivity index (χ1) is 14.1. The van der Waals surface area contributed by atoms with Crippen LogP contribution in [0.2, 0.25) is 0 Å². The van der Waals surface area contributed by atoms with Crippen molar-refractivity contribution in [1.82, 2.24) is 9.78 Å². The van der Waals surface area contributed by atoms with Crippen LogP contribution in [-0.2, 0) is 5.41 Å². The number of nitrogens with zero attached hydrogens (tertiary/aromatic N) is 2. The van der Waals surface area contributed by atoms with Gasteiger partial charge in [0.25, 0.3) is 0 Å². The fraction of sp³-hybridized carbons (Fsp3) is 0.273. The maximum Gasteiger partial charge on any atom is 0.387 e. The fourth-order valence-corrected chi connectivity index (χ4v) is 2.94. The molecule has 0 amide bonds. The molecule has 6 nitrogen and oxygen atoms in total. The highest BCUT2D eigenvalue weighted by Gasteiger charge is 2.22. The van der Waals surface area contributed by atoms with Gasteiger partial charge in [-0.3, -0.25) is 0 Å². The number of alkyl halides is 2. The van der Waals surface area contributed by atoms with E-state index in [4.69, 9.17) is 5.10 Å². The van der Waals surface area contributed by atoms with Crippen LogP contribution in [-0.4, -0.2) is 27.5 Å². The number of hydrogen-bond donors (Lipinski definition) is 2. The molecule has 0 spiro atoms. The first-order valence-electron chi connectivity index (χ1n) is 9.32. The molecule has 8 heteroatoms. The lowest BCUT2D eigenvalue weighted by atomic mass is 9.92. The van der Waals surface area contributed by atoms with Crippen molar-refractivity contribution in [1.29, 1.82) is 0 Å². The van der Waals surface area contributed by atoms with Crippen molar-refractivity contribution in [2.24, 2.45) is 0 Å². The molecule has 2 aromatic carbocycles. The summed E-state index contributed by atoms with van der Waals surface area (Å²) in [4.78, 5) is 11.7. The minimum Gasteiger partial charge on any atom is -0.478 e. The van der Waals surface area contributed by atoms with E-state index in [1.807, 2.05) is 58.0 Å². The number of carboxylic acids is 1. The molecule has 158 valence electrons. The predicted octanol–water partition coefficient (Wildman–Crippen LogP) is 5.52. The molecule has 0 radical (unpaired) electrons. The summed E-state index contributed by atoms with van der Waals surface area (Å²) in [6.07, 6.45) is 0. The Morgan fingerprint density at radius 3 is 2.47 bits per heavy atom.